The Morgan fingerprint density at radius 1 is 0.886 bits per heavy atom. The zero-order valence-corrected chi connectivity index (χ0v) is 20.4. The lowest BCUT2D eigenvalue weighted by Gasteiger charge is -2.31. The van der Waals surface area contributed by atoms with Crippen LogP contribution in [0.1, 0.15) is 54.3 Å². The Kier molecular flexibility index (Phi) is 6.08. The number of nitrogens with zero attached hydrogens (tertiary/aromatic N) is 3. The third-order valence-corrected chi connectivity index (χ3v) is 6.57. The van der Waals surface area contributed by atoms with Crippen LogP contribution < -0.4 is 5.43 Å². The van der Waals surface area contributed by atoms with Crippen molar-refractivity contribution in [2.75, 3.05) is 0 Å². The number of aryl methyl sites for hydroxylation is 1. The second kappa shape index (κ2) is 9.34. The number of carbonyl (C=O) groups is 1. The van der Waals surface area contributed by atoms with E-state index in [1.165, 1.54) is 0 Å². The van der Waals surface area contributed by atoms with Gasteiger partial charge < -0.3 is 0 Å². The van der Waals surface area contributed by atoms with Crippen LogP contribution in [0.5, 0.6) is 0 Å². The van der Waals surface area contributed by atoms with Crippen LogP contribution in [0.2, 0.25) is 0 Å². The van der Waals surface area contributed by atoms with Gasteiger partial charge in [-0.25, -0.2) is 10.1 Å². The van der Waals surface area contributed by atoms with Gasteiger partial charge >= 0.3 is 0 Å². The van der Waals surface area contributed by atoms with E-state index in [0.717, 1.165) is 52.3 Å². The van der Waals surface area contributed by atoms with Crippen molar-refractivity contribution in [2.45, 2.75) is 39.5 Å². The highest BCUT2D eigenvalue weighted by atomic mass is 16.2. The molecule has 0 unspecified atom stereocenters. The third kappa shape index (κ3) is 4.67. The molecule has 0 fully saturated rings. The maximum Gasteiger partial charge on any atom is 0.252 e. The number of aromatic nitrogens is 2. The van der Waals surface area contributed by atoms with Crippen molar-refractivity contribution in [3.05, 3.63) is 119 Å². The Hall–Kier alpha value is -3.99. The lowest BCUT2D eigenvalue weighted by atomic mass is 9.75. The summed E-state index contributed by atoms with van der Waals surface area (Å²) in [6.07, 6.45) is 1.66. The van der Waals surface area contributed by atoms with E-state index in [1.54, 1.807) is 0 Å². The Balaban J connectivity index is 1.51. The van der Waals surface area contributed by atoms with Gasteiger partial charge in [0.1, 0.15) is 0 Å². The van der Waals surface area contributed by atoms with Crippen molar-refractivity contribution in [3.8, 4) is 5.69 Å². The molecule has 5 rings (SSSR count). The molecule has 0 aliphatic heterocycles. The maximum atomic E-state index is 13.5. The monoisotopic (exact) mass is 462 g/mol. The lowest BCUT2D eigenvalue weighted by molar-refractivity contribution is -0.121. The summed E-state index contributed by atoms with van der Waals surface area (Å²) in [5, 5.41) is 9.58. The van der Waals surface area contributed by atoms with Crippen LogP contribution in [0, 0.1) is 12.3 Å². The highest BCUT2D eigenvalue weighted by molar-refractivity contribution is 6.04. The summed E-state index contributed by atoms with van der Waals surface area (Å²) in [5.41, 5.74) is 9.81. The lowest BCUT2D eigenvalue weighted by Crippen LogP contribution is -2.32. The molecule has 1 aliphatic carbocycles. The molecule has 1 amide bonds. The fraction of sp³-hybridized carbons (Fsp3) is 0.233. The quantitative estimate of drug-likeness (QED) is 0.381. The highest BCUT2D eigenvalue weighted by Gasteiger charge is 2.35. The average Bonchev–Trinajstić information content (AvgIpc) is 3.19. The number of hydrogen-bond donors (Lipinski definition) is 1. The minimum atomic E-state index is -0.439. The van der Waals surface area contributed by atoms with E-state index >= 15 is 0 Å². The molecule has 1 aromatic heterocycles. The molecule has 4 aromatic rings. The first-order valence-corrected chi connectivity index (χ1v) is 12.0. The van der Waals surface area contributed by atoms with Gasteiger partial charge in [-0.2, -0.15) is 10.2 Å². The summed E-state index contributed by atoms with van der Waals surface area (Å²) < 4.78 is 2.03. The first-order valence-electron chi connectivity index (χ1n) is 12.0. The van der Waals surface area contributed by atoms with Crippen LogP contribution in [-0.4, -0.2) is 21.4 Å². The van der Waals surface area contributed by atoms with Gasteiger partial charge in [0.25, 0.3) is 5.91 Å². The van der Waals surface area contributed by atoms with Crippen LogP contribution in [0.25, 0.3) is 5.69 Å². The van der Waals surface area contributed by atoms with Crippen LogP contribution in [0.4, 0.5) is 0 Å². The SMILES string of the molecule is Cc1nn(-c2ccccc2)c2c1/C(=N/NC(=O)C(c1ccccc1)c1ccccc1)CC(C)(C)C2. The van der Waals surface area contributed by atoms with Crippen molar-refractivity contribution < 1.29 is 4.79 Å². The van der Waals surface area contributed by atoms with E-state index in [1.807, 2.05) is 90.5 Å². The van der Waals surface area contributed by atoms with E-state index in [0.29, 0.717) is 0 Å². The van der Waals surface area contributed by atoms with Gasteiger partial charge in [-0.15, -0.1) is 0 Å². The number of amides is 1. The normalized spacial score (nSPS) is 15.7. The summed E-state index contributed by atoms with van der Waals surface area (Å²) >= 11 is 0. The fourth-order valence-corrected chi connectivity index (χ4v) is 5.02. The first kappa shape index (κ1) is 22.8. The minimum absolute atomic E-state index is 0.00612. The van der Waals surface area contributed by atoms with Crippen molar-refractivity contribution in [2.24, 2.45) is 10.5 Å². The summed E-state index contributed by atoms with van der Waals surface area (Å²) in [6, 6.07) is 29.9. The third-order valence-electron chi connectivity index (χ3n) is 6.57. The molecule has 35 heavy (non-hydrogen) atoms. The van der Waals surface area contributed by atoms with Crippen molar-refractivity contribution >= 4 is 11.6 Å². The van der Waals surface area contributed by atoms with E-state index < -0.39 is 5.92 Å². The number of benzene rings is 3. The zero-order chi connectivity index (χ0) is 24.4. The summed E-state index contributed by atoms with van der Waals surface area (Å²) in [5.74, 6) is -0.584. The Labute approximate surface area is 206 Å². The van der Waals surface area contributed by atoms with Gasteiger partial charge in [-0.05, 0) is 48.4 Å². The van der Waals surface area contributed by atoms with E-state index in [4.69, 9.17) is 10.2 Å². The molecule has 1 aliphatic rings. The molecular formula is C30H30N4O. The number of rotatable bonds is 5. The molecule has 0 spiro atoms. The predicted octanol–water partition coefficient (Wildman–Crippen LogP) is 5.81. The molecule has 0 atom stereocenters. The molecule has 176 valence electrons. The van der Waals surface area contributed by atoms with Crippen LogP contribution in [0.15, 0.2) is 96.1 Å². The Morgan fingerprint density at radius 2 is 1.43 bits per heavy atom. The van der Waals surface area contributed by atoms with Crippen molar-refractivity contribution in [1.82, 2.24) is 15.2 Å². The maximum absolute atomic E-state index is 13.5. The molecule has 5 nitrogen and oxygen atoms in total. The number of carbonyl (C=O) groups excluding carboxylic acids is 1. The minimum Gasteiger partial charge on any atom is -0.272 e. The van der Waals surface area contributed by atoms with E-state index in [-0.39, 0.29) is 11.3 Å². The predicted molar refractivity (Wildman–Crippen MR) is 140 cm³/mol. The number of nitrogens with one attached hydrogen (secondary N) is 1. The fourth-order valence-electron chi connectivity index (χ4n) is 5.02. The van der Waals surface area contributed by atoms with Gasteiger partial charge in [0, 0.05) is 5.56 Å². The average molecular weight is 463 g/mol. The van der Waals surface area contributed by atoms with Crippen LogP contribution >= 0.6 is 0 Å². The Morgan fingerprint density at radius 3 is 2.00 bits per heavy atom. The number of fused-ring (bicyclic) bond motifs is 1. The highest BCUT2D eigenvalue weighted by Crippen LogP contribution is 2.37. The van der Waals surface area contributed by atoms with Gasteiger partial charge in [0.15, 0.2) is 0 Å². The second-order valence-electron chi connectivity index (χ2n) is 9.96. The summed E-state index contributed by atoms with van der Waals surface area (Å²) in [4.78, 5) is 13.5. The molecule has 1 heterocycles. The standard InChI is InChI=1S/C30H30N4O/c1-21-27-25(19-30(2,3)20-26(27)34(33-21)24-17-11-6-12-18-24)31-32-29(35)28(22-13-7-4-8-14-22)23-15-9-5-10-16-23/h4-18,28H,19-20H2,1-3H3,(H,32,35)/b31-25+. The summed E-state index contributed by atoms with van der Waals surface area (Å²) in [6.45, 7) is 6.49. The molecule has 3 aromatic carbocycles. The number of para-hydroxylation sites is 1. The molecule has 0 bridgehead atoms. The van der Waals surface area contributed by atoms with Crippen molar-refractivity contribution in [1.29, 1.82) is 0 Å². The van der Waals surface area contributed by atoms with Gasteiger partial charge in [-0.1, -0.05) is 92.7 Å². The van der Waals surface area contributed by atoms with Crippen molar-refractivity contribution in [3.63, 3.8) is 0 Å². The molecule has 0 saturated carbocycles. The molecule has 0 saturated heterocycles. The topological polar surface area (TPSA) is 59.3 Å². The second-order valence-corrected chi connectivity index (χ2v) is 9.96. The zero-order valence-electron chi connectivity index (χ0n) is 20.4. The molecule has 0 radical (unpaired) electrons. The largest absolute Gasteiger partial charge is 0.272 e. The molecule has 1 N–H and O–H groups in total. The molecule has 5 heteroatoms. The molecular weight excluding hydrogens is 432 g/mol. The van der Waals surface area contributed by atoms with E-state index in [9.17, 15) is 4.79 Å². The Bertz CT molecular complexity index is 1320. The number of hydrazone groups is 1. The first-order chi connectivity index (χ1) is 16.9. The van der Waals surface area contributed by atoms with E-state index in [2.05, 4.69) is 31.4 Å². The van der Waals surface area contributed by atoms with Crippen LogP contribution in [0.3, 0.4) is 0 Å². The number of hydrogen-bond acceptors (Lipinski definition) is 3. The summed E-state index contributed by atoms with van der Waals surface area (Å²) in [7, 11) is 0. The van der Waals surface area contributed by atoms with Crippen LogP contribution in [-0.2, 0) is 11.2 Å². The van der Waals surface area contributed by atoms with Gasteiger partial charge in [0.05, 0.1) is 28.7 Å². The van der Waals surface area contributed by atoms with Gasteiger partial charge in [0.2, 0.25) is 0 Å². The smallest absolute Gasteiger partial charge is 0.252 e. The van der Waals surface area contributed by atoms with Gasteiger partial charge in [-0.3, -0.25) is 4.79 Å².